The topological polar surface area (TPSA) is 84.2 Å². The Bertz CT molecular complexity index is 1150. The van der Waals surface area contributed by atoms with E-state index in [1.807, 2.05) is 27.2 Å². The van der Waals surface area contributed by atoms with Crippen molar-refractivity contribution in [1.29, 1.82) is 0 Å². The second kappa shape index (κ2) is 16.0. The fourth-order valence-electron chi connectivity index (χ4n) is 3.47. The van der Waals surface area contributed by atoms with Crippen LogP contribution in [0.4, 0.5) is 4.39 Å². The number of Topliss-reactive ketones (excluding diaryl/α,β-unsaturated/α-hetero) is 1. The Morgan fingerprint density at radius 3 is 2.50 bits per heavy atom. The minimum atomic E-state index is -0.474. The van der Waals surface area contributed by atoms with Gasteiger partial charge in [0.2, 0.25) is 5.91 Å². The molecule has 6 nitrogen and oxygen atoms in total. The van der Waals surface area contributed by atoms with Crippen molar-refractivity contribution in [3.63, 3.8) is 0 Å². The van der Waals surface area contributed by atoms with Crippen LogP contribution in [0.25, 0.3) is 11.3 Å². The number of benzene rings is 2. The van der Waals surface area contributed by atoms with Gasteiger partial charge < -0.3 is 21.4 Å². The molecule has 3 rings (SSSR count). The van der Waals surface area contributed by atoms with Gasteiger partial charge in [-0.05, 0) is 37.5 Å². The van der Waals surface area contributed by atoms with Gasteiger partial charge in [-0.2, -0.15) is 32.0 Å². The Kier molecular flexibility index (Phi) is 14.2. The summed E-state index contributed by atoms with van der Waals surface area (Å²) in [6.45, 7) is 7.73. The van der Waals surface area contributed by atoms with E-state index in [2.05, 4.69) is 16.4 Å². The number of aromatic nitrogens is 2. The fourth-order valence-corrected chi connectivity index (χ4v) is 3.65. The van der Waals surface area contributed by atoms with Gasteiger partial charge in [0.05, 0.1) is 5.69 Å². The number of halogens is 2. The van der Waals surface area contributed by atoms with E-state index in [9.17, 15) is 19.1 Å². The molecule has 36 heavy (non-hydrogen) atoms. The third kappa shape index (κ3) is 9.15. The van der Waals surface area contributed by atoms with Crippen molar-refractivity contribution in [3.05, 3.63) is 82.9 Å². The molecule has 1 aromatic heterocycles. The van der Waals surface area contributed by atoms with Gasteiger partial charge in [0.25, 0.3) is 0 Å². The summed E-state index contributed by atoms with van der Waals surface area (Å²) in [6, 6.07) is 11.8. The van der Waals surface area contributed by atoms with Crippen molar-refractivity contribution in [3.8, 4) is 11.3 Å². The van der Waals surface area contributed by atoms with Gasteiger partial charge in [0.1, 0.15) is 5.82 Å². The summed E-state index contributed by atoms with van der Waals surface area (Å²) in [5.41, 5.74) is 1.72. The predicted octanol–water partition coefficient (Wildman–Crippen LogP) is 5.32. The van der Waals surface area contributed by atoms with Crippen molar-refractivity contribution in [2.45, 2.75) is 53.1 Å². The van der Waals surface area contributed by atoms with E-state index >= 15 is 0 Å². The molecule has 0 bridgehead atoms. The predicted molar refractivity (Wildman–Crippen MR) is 136 cm³/mol. The minimum Gasteiger partial charge on any atom is -0.396 e. The summed E-state index contributed by atoms with van der Waals surface area (Å²) >= 11 is 5.89. The van der Waals surface area contributed by atoms with Crippen LogP contribution in [0.15, 0.2) is 42.6 Å². The second-order valence-electron chi connectivity index (χ2n) is 8.00. The van der Waals surface area contributed by atoms with Crippen LogP contribution in [0, 0.1) is 49.4 Å². The van der Waals surface area contributed by atoms with E-state index in [0.717, 1.165) is 0 Å². The smallest absolute Gasteiger partial charge is 0.396 e. The van der Waals surface area contributed by atoms with Crippen LogP contribution in [0.2, 0.25) is 5.02 Å². The zero-order valence-electron chi connectivity index (χ0n) is 20.9. The first kappa shape index (κ1) is 32.1. The molecule has 0 unspecified atom stereocenters. The van der Waals surface area contributed by atoms with Crippen LogP contribution in [0.1, 0.15) is 60.7 Å². The number of hydrogen-bond donors (Lipinski definition) is 2. The molecule has 1 atom stereocenters. The summed E-state index contributed by atoms with van der Waals surface area (Å²) in [6.07, 6.45) is 4.30. The number of ketones is 1. The first-order valence-electron chi connectivity index (χ1n) is 11.4. The van der Waals surface area contributed by atoms with Gasteiger partial charge in [-0.3, -0.25) is 9.59 Å². The van der Waals surface area contributed by atoms with E-state index in [1.54, 1.807) is 35.0 Å². The van der Waals surface area contributed by atoms with E-state index in [4.69, 9.17) is 11.6 Å². The summed E-state index contributed by atoms with van der Waals surface area (Å²) < 4.78 is 16.6. The summed E-state index contributed by atoms with van der Waals surface area (Å²) in [5, 5.41) is 12.6. The van der Waals surface area contributed by atoms with Crippen LogP contribution in [0.3, 0.4) is 0 Å². The number of nitrogens with zero attached hydrogens (tertiary/aromatic N) is 2. The monoisotopic (exact) mass is 737 g/mol. The van der Waals surface area contributed by atoms with E-state index < -0.39 is 11.9 Å². The minimum absolute atomic E-state index is 0. The van der Waals surface area contributed by atoms with Crippen LogP contribution in [-0.2, 0) is 13.0 Å². The molecule has 1 amide bonds. The average molecular weight is 738 g/mol. The number of aryl methyl sites for hydroxylation is 1. The molecule has 190 valence electrons. The van der Waals surface area contributed by atoms with E-state index in [0.29, 0.717) is 46.8 Å². The molecule has 0 aliphatic carbocycles. The Morgan fingerprint density at radius 1 is 1.28 bits per heavy atom. The summed E-state index contributed by atoms with van der Waals surface area (Å²) in [5.74, 6) is -0.707. The van der Waals surface area contributed by atoms with Gasteiger partial charge in [-0.1, -0.05) is 16.7 Å². The van der Waals surface area contributed by atoms with Gasteiger partial charge in [0.15, 0.2) is 11.6 Å². The Hall–Kier alpha value is -1.98. The number of carbonyl (C=O) groups is 2. The summed E-state index contributed by atoms with van der Waals surface area (Å²) in [4.78, 5) is 28.6. The molecule has 1 heterocycles. The second-order valence-corrected chi connectivity index (χ2v) is 8.40. The number of nitrogens with one attached hydrogen (secondary N) is 1. The fraction of sp³-hybridized carbons (Fsp3) is 0.333. The van der Waals surface area contributed by atoms with Crippen LogP contribution in [-0.4, -0.2) is 39.0 Å². The van der Waals surface area contributed by atoms with Gasteiger partial charge >= 0.3 is 31.1 Å². The molecule has 0 radical (unpaired) electrons. The van der Waals surface area contributed by atoms with Gasteiger partial charge in [0, 0.05) is 37.9 Å². The van der Waals surface area contributed by atoms with Crippen molar-refractivity contribution in [1.82, 2.24) is 14.9 Å². The van der Waals surface area contributed by atoms with Gasteiger partial charge in [-0.25, -0.2) is 9.37 Å². The number of rotatable bonds is 9. The van der Waals surface area contributed by atoms with Crippen molar-refractivity contribution < 1.29 is 50.2 Å². The zero-order valence-corrected chi connectivity index (χ0v) is 25.9. The Morgan fingerprint density at radius 2 is 1.97 bits per heavy atom. The SMILES string of the molecule is CCn1cc(-c2ccc(C[C@@H](CCO)NC(=O)c3cc[c-]c(Cl)c3)cc2F)nc1C(C)=O.C[CH-]C.[U+2]. The molecule has 0 spiro atoms. The number of aliphatic hydroxyl groups is 1. The van der Waals surface area contributed by atoms with Crippen molar-refractivity contribution in [2.24, 2.45) is 0 Å². The molecule has 3 aromatic rings. The first-order valence-corrected chi connectivity index (χ1v) is 11.8. The number of aliphatic hydroxyl groups excluding tert-OH is 1. The number of hydrogen-bond acceptors (Lipinski definition) is 4. The Labute approximate surface area is 241 Å². The maximum atomic E-state index is 14.9. The van der Waals surface area contributed by atoms with E-state index in [1.165, 1.54) is 19.1 Å². The third-order valence-electron chi connectivity index (χ3n) is 5.06. The maximum Gasteiger partial charge on any atom is 2.00 e. The van der Waals surface area contributed by atoms with Crippen molar-refractivity contribution >= 4 is 23.3 Å². The van der Waals surface area contributed by atoms with Crippen LogP contribution >= 0.6 is 11.6 Å². The molecule has 2 aromatic carbocycles. The molecular weight excluding hydrogens is 707 g/mol. The average Bonchev–Trinajstić information content (AvgIpc) is 3.24. The molecule has 9 heteroatoms. The van der Waals surface area contributed by atoms with E-state index in [-0.39, 0.29) is 55.2 Å². The Balaban J connectivity index is 0.00000154. The maximum absolute atomic E-state index is 14.9. The number of amides is 1. The molecule has 0 saturated heterocycles. The third-order valence-corrected chi connectivity index (χ3v) is 5.28. The molecule has 0 fully saturated rings. The number of carbonyl (C=O) groups excluding carboxylic acids is 2. The molecule has 2 N–H and O–H groups in total. The van der Waals surface area contributed by atoms with Gasteiger partial charge in [-0.15, -0.1) is 17.7 Å². The zero-order chi connectivity index (χ0) is 26.0. The molecule has 0 aliphatic rings. The number of imidazole rings is 1. The van der Waals surface area contributed by atoms with Crippen LogP contribution < -0.4 is 5.32 Å². The van der Waals surface area contributed by atoms with Crippen LogP contribution in [0.5, 0.6) is 0 Å². The van der Waals surface area contributed by atoms with Crippen molar-refractivity contribution in [2.75, 3.05) is 6.61 Å². The standard InChI is InChI=1S/C24H24ClFN3O3.C3H7.U/c1-3-29-14-22(28-23(29)15(2)31)20-8-7-16(12-21(20)26)11-19(9-10-30)27-24(32)17-5-4-6-18(25)13-17;1-3-2;/h4-5,7-8,12-14,19,30H,3,9-11H2,1-2H3,(H,27,32);3H,1-2H3;/q2*-1;+2/t19-;;/m1../s1. The quantitative estimate of drug-likeness (QED) is 0.230. The largest absolute Gasteiger partial charge is 2.00 e. The normalized spacial score (nSPS) is 11.1. The molecular formula is C27H31ClFN3O3U. The summed E-state index contributed by atoms with van der Waals surface area (Å²) in [7, 11) is 0. The molecule has 0 saturated carbocycles. The first-order chi connectivity index (χ1) is 16.7. The molecule has 0 aliphatic heterocycles.